The number of hydrogen-bond acceptors (Lipinski definition) is 2. The zero-order valence-corrected chi connectivity index (χ0v) is 16.4. The van der Waals surface area contributed by atoms with Gasteiger partial charge in [-0.2, -0.15) is 0 Å². The van der Waals surface area contributed by atoms with Gasteiger partial charge in [-0.1, -0.05) is 55.5 Å². The van der Waals surface area contributed by atoms with E-state index >= 15 is 0 Å². The molecule has 0 bridgehead atoms. The fourth-order valence-corrected chi connectivity index (χ4v) is 3.65. The molecule has 1 heterocycles. The van der Waals surface area contributed by atoms with Crippen LogP contribution in [0.3, 0.4) is 0 Å². The van der Waals surface area contributed by atoms with Gasteiger partial charge in [0.05, 0.1) is 0 Å². The van der Waals surface area contributed by atoms with E-state index in [-0.39, 0.29) is 5.91 Å². The summed E-state index contributed by atoms with van der Waals surface area (Å²) in [6.45, 7) is 5.19. The van der Waals surface area contributed by atoms with Crippen molar-refractivity contribution in [2.45, 2.75) is 38.6 Å². The van der Waals surface area contributed by atoms with Crippen LogP contribution in [0, 0.1) is 0 Å². The van der Waals surface area contributed by atoms with Gasteiger partial charge < -0.3 is 20.9 Å². The number of rotatable bonds is 6. The molecule has 3 rings (SSSR count). The van der Waals surface area contributed by atoms with Crippen molar-refractivity contribution >= 4 is 11.6 Å². The molecule has 2 aromatic rings. The van der Waals surface area contributed by atoms with Crippen LogP contribution in [0.2, 0.25) is 0 Å². The SMILES string of the molecule is CCC(=O)N(c1ccccc1)C1CCN(CCc2ccccc2)CC1.[N-]=[N+]=[N-]. The lowest BCUT2D eigenvalue weighted by Crippen LogP contribution is -2.47. The fourth-order valence-electron chi connectivity index (χ4n) is 3.65. The molecule has 0 aromatic heterocycles. The number of piperidine rings is 1. The fraction of sp³-hybridized carbons (Fsp3) is 0.409. The third kappa shape index (κ3) is 6.41. The summed E-state index contributed by atoms with van der Waals surface area (Å²) in [4.78, 5) is 18.6. The molecule has 0 radical (unpaired) electrons. The number of likely N-dealkylation sites (tertiary alicyclic amines) is 1. The van der Waals surface area contributed by atoms with Gasteiger partial charge in [-0.15, -0.1) is 0 Å². The lowest BCUT2D eigenvalue weighted by Gasteiger charge is -2.38. The molecule has 1 fully saturated rings. The molecule has 0 aliphatic carbocycles. The maximum Gasteiger partial charge on any atom is 0.226 e. The van der Waals surface area contributed by atoms with Crippen LogP contribution in [0.25, 0.3) is 16.0 Å². The van der Waals surface area contributed by atoms with Crippen molar-refractivity contribution in [2.24, 2.45) is 0 Å². The number of benzene rings is 2. The van der Waals surface area contributed by atoms with Gasteiger partial charge >= 0.3 is 0 Å². The first kappa shape index (κ1) is 21.5. The highest BCUT2D eigenvalue weighted by atomic mass is 16.2. The Hall–Kier alpha value is -2.82. The van der Waals surface area contributed by atoms with Gasteiger partial charge in [0.2, 0.25) is 5.91 Å². The number of carbonyl (C=O) groups is 1. The van der Waals surface area contributed by atoms with Gasteiger partial charge in [0, 0.05) is 37.8 Å². The van der Waals surface area contributed by atoms with Crippen molar-refractivity contribution in [2.75, 3.05) is 24.5 Å². The van der Waals surface area contributed by atoms with Gasteiger partial charge in [0.15, 0.2) is 0 Å². The van der Waals surface area contributed by atoms with Crippen molar-refractivity contribution in [3.8, 4) is 0 Å². The van der Waals surface area contributed by atoms with E-state index in [9.17, 15) is 4.79 Å². The minimum absolute atomic E-state index is 0.230. The highest BCUT2D eigenvalue weighted by Crippen LogP contribution is 2.24. The largest absolute Gasteiger partial charge is 0.373 e. The Bertz CT molecular complexity index is 736. The lowest BCUT2D eigenvalue weighted by molar-refractivity contribution is -0.119. The molecule has 28 heavy (non-hydrogen) atoms. The van der Waals surface area contributed by atoms with Crippen molar-refractivity contribution in [1.82, 2.24) is 4.90 Å². The molecule has 1 aliphatic rings. The van der Waals surface area contributed by atoms with Crippen molar-refractivity contribution in [3.63, 3.8) is 0 Å². The van der Waals surface area contributed by atoms with Gasteiger partial charge in [-0.25, -0.2) is 0 Å². The Kier molecular flexibility index (Phi) is 9.05. The van der Waals surface area contributed by atoms with Gasteiger partial charge in [0.25, 0.3) is 0 Å². The second-order valence-corrected chi connectivity index (χ2v) is 6.85. The van der Waals surface area contributed by atoms with Gasteiger partial charge in [0.1, 0.15) is 0 Å². The van der Waals surface area contributed by atoms with Crippen LogP contribution in [0.15, 0.2) is 60.7 Å². The van der Waals surface area contributed by atoms with E-state index < -0.39 is 0 Å². The van der Waals surface area contributed by atoms with E-state index in [4.69, 9.17) is 11.1 Å². The van der Waals surface area contributed by atoms with E-state index in [1.807, 2.05) is 30.0 Å². The van der Waals surface area contributed by atoms with E-state index in [2.05, 4.69) is 47.4 Å². The predicted octanol–water partition coefficient (Wildman–Crippen LogP) is 5.00. The molecule has 1 amide bonds. The Morgan fingerprint density at radius 3 is 2.11 bits per heavy atom. The molecule has 0 atom stereocenters. The maximum absolute atomic E-state index is 12.5. The number of para-hydroxylation sites is 1. The van der Waals surface area contributed by atoms with Crippen molar-refractivity contribution in [1.29, 1.82) is 0 Å². The summed E-state index contributed by atoms with van der Waals surface area (Å²) in [6.07, 6.45) is 3.76. The first-order chi connectivity index (χ1) is 13.7. The molecular weight excluding hydrogens is 350 g/mol. The summed E-state index contributed by atoms with van der Waals surface area (Å²) in [5, 5.41) is 0. The molecule has 1 saturated heterocycles. The van der Waals surface area contributed by atoms with Crippen LogP contribution in [0.1, 0.15) is 31.7 Å². The quantitative estimate of drug-likeness (QED) is 0.402. The minimum Gasteiger partial charge on any atom is -0.373 e. The smallest absolute Gasteiger partial charge is 0.226 e. The van der Waals surface area contributed by atoms with E-state index in [0.29, 0.717) is 12.5 Å². The predicted molar refractivity (Wildman–Crippen MR) is 114 cm³/mol. The number of carbonyl (C=O) groups excluding carboxylic acids is 1. The van der Waals surface area contributed by atoms with Crippen LogP contribution < -0.4 is 4.90 Å². The molecular formula is C22H28N5O-. The van der Waals surface area contributed by atoms with E-state index in [1.165, 1.54) is 10.5 Å². The Morgan fingerprint density at radius 2 is 1.57 bits per heavy atom. The third-order valence-corrected chi connectivity index (χ3v) is 5.09. The van der Waals surface area contributed by atoms with Crippen molar-refractivity contribution < 1.29 is 4.79 Å². The van der Waals surface area contributed by atoms with Crippen LogP contribution in [0.4, 0.5) is 5.69 Å². The number of hydrogen-bond donors (Lipinski definition) is 0. The molecule has 148 valence electrons. The van der Waals surface area contributed by atoms with Gasteiger partial charge in [-0.05, 0) is 37.0 Å². The van der Waals surface area contributed by atoms with Crippen LogP contribution in [-0.4, -0.2) is 36.5 Å². The summed E-state index contributed by atoms with van der Waals surface area (Å²) in [5.41, 5.74) is 15.9. The molecule has 1 aliphatic heterocycles. The van der Waals surface area contributed by atoms with Crippen LogP contribution in [-0.2, 0) is 11.2 Å². The average molecular weight is 379 g/mol. The van der Waals surface area contributed by atoms with E-state index in [1.54, 1.807) is 0 Å². The summed E-state index contributed by atoms with van der Waals surface area (Å²) in [5.74, 6) is 0.230. The molecule has 0 N–H and O–H groups in total. The molecule has 0 spiro atoms. The second-order valence-electron chi connectivity index (χ2n) is 6.85. The van der Waals surface area contributed by atoms with Crippen molar-refractivity contribution in [3.05, 3.63) is 82.2 Å². The summed E-state index contributed by atoms with van der Waals surface area (Å²) in [7, 11) is 0. The van der Waals surface area contributed by atoms with Crippen LogP contribution in [0.5, 0.6) is 0 Å². The lowest BCUT2D eigenvalue weighted by atomic mass is 10.0. The van der Waals surface area contributed by atoms with Gasteiger partial charge in [-0.3, -0.25) is 9.71 Å². The van der Waals surface area contributed by atoms with Crippen LogP contribution >= 0.6 is 0 Å². The number of amides is 1. The topological polar surface area (TPSA) is 82.3 Å². The molecule has 0 saturated carbocycles. The normalized spacial score (nSPS) is 14.5. The molecule has 6 heteroatoms. The monoisotopic (exact) mass is 378 g/mol. The zero-order valence-electron chi connectivity index (χ0n) is 16.4. The third-order valence-electron chi connectivity index (χ3n) is 5.09. The summed E-state index contributed by atoms with van der Waals surface area (Å²) < 4.78 is 0. The number of anilines is 1. The maximum atomic E-state index is 12.5. The Labute approximate surface area is 167 Å². The molecule has 2 aromatic carbocycles. The average Bonchev–Trinajstić information content (AvgIpc) is 2.75. The zero-order chi connectivity index (χ0) is 20.2. The first-order valence-electron chi connectivity index (χ1n) is 9.81. The Morgan fingerprint density at radius 1 is 1.04 bits per heavy atom. The number of nitrogens with zero attached hydrogens (tertiary/aromatic N) is 5. The second kappa shape index (κ2) is 11.8. The minimum atomic E-state index is 0.230. The molecule has 6 nitrogen and oxygen atoms in total. The highest BCUT2D eigenvalue weighted by Gasteiger charge is 2.28. The first-order valence-corrected chi connectivity index (χ1v) is 9.81. The highest BCUT2D eigenvalue weighted by molar-refractivity contribution is 5.93. The standard InChI is InChI=1S/C22H28N2O.N3/c1-2-22(25)24(20-11-7-4-8-12-20)21-14-17-23(18-15-21)16-13-19-9-5-3-6-10-19;1-3-2/h3-12,21H,2,13-18H2,1H3;/q;-1. The molecule has 0 unspecified atom stereocenters. The summed E-state index contributed by atoms with van der Waals surface area (Å²) >= 11 is 0. The van der Waals surface area contributed by atoms with E-state index in [0.717, 1.165) is 44.6 Å². The Balaban J connectivity index is 0.000000878. The summed E-state index contributed by atoms with van der Waals surface area (Å²) in [6, 6.07) is 21.1.